The van der Waals surface area contributed by atoms with Crippen molar-refractivity contribution in [3.63, 3.8) is 0 Å². The van der Waals surface area contributed by atoms with Crippen LogP contribution in [0.25, 0.3) is 0 Å². The fourth-order valence-electron chi connectivity index (χ4n) is 3.55. The van der Waals surface area contributed by atoms with Gasteiger partial charge in [0.1, 0.15) is 0 Å². The molecule has 1 aliphatic carbocycles. The minimum atomic E-state index is -0.660. The molecule has 1 unspecified atom stereocenters. The number of benzene rings is 1. The number of aliphatic carboxylic acids is 1. The number of hydrogen-bond acceptors (Lipinski definition) is 2. The second-order valence-electron chi connectivity index (χ2n) is 5.91. The Morgan fingerprint density at radius 3 is 2.58 bits per heavy atom. The maximum absolute atomic E-state index is 10.6. The zero-order valence-corrected chi connectivity index (χ0v) is 11.2. The van der Waals surface area contributed by atoms with Gasteiger partial charge in [-0.2, -0.15) is 0 Å². The largest absolute Gasteiger partial charge is 0.481 e. The Hall–Kier alpha value is -1.35. The standard InChI is InChI=1S/C16H21NO2/c18-16(19)6-5-12-7-8-17(11-12)15-9-13-3-1-2-4-14(13)10-15/h1-4,12,15H,5-11H2,(H,18,19). The molecule has 1 atom stereocenters. The van der Waals surface area contributed by atoms with E-state index in [1.54, 1.807) is 0 Å². The molecule has 0 aromatic heterocycles. The molecule has 1 saturated heterocycles. The van der Waals surface area contributed by atoms with Crippen LogP contribution in [0.5, 0.6) is 0 Å². The van der Waals surface area contributed by atoms with E-state index in [1.807, 2.05) is 0 Å². The second kappa shape index (κ2) is 5.33. The molecular formula is C16H21NO2. The summed E-state index contributed by atoms with van der Waals surface area (Å²) >= 11 is 0. The number of carboxylic acid groups (broad SMARTS) is 1. The van der Waals surface area contributed by atoms with Crippen molar-refractivity contribution in [1.82, 2.24) is 4.90 Å². The van der Waals surface area contributed by atoms with Crippen LogP contribution in [-0.4, -0.2) is 35.1 Å². The summed E-state index contributed by atoms with van der Waals surface area (Å²) in [6, 6.07) is 9.38. The minimum absolute atomic E-state index is 0.323. The number of fused-ring (bicyclic) bond motifs is 1. The maximum Gasteiger partial charge on any atom is 0.303 e. The van der Waals surface area contributed by atoms with Crippen molar-refractivity contribution in [3.8, 4) is 0 Å². The van der Waals surface area contributed by atoms with Gasteiger partial charge in [-0.15, -0.1) is 0 Å². The van der Waals surface area contributed by atoms with Crippen molar-refractivity contribution in [2.45, 2.75) is 38.1 Å². The third-order valence-corrected chi connectivity index (χ3v) is 4.63. The number of hydrogen-bond donors (Lipinski definition) is 1. The minimum Gasteiger partial charge on any atom is -0.481 e. The summed E-state index contributed by atoms with van der Waals surface area (Å²) < 4.78 is 0. The van der Waals surface area contributed by atoms with Crippen molar-refractivity contribution < 1.29 is 9.90 Å². The first-order valence-corrected chi connectivity index (χ1v) is 7.25. The average molecular weight is 259 g/mol. The molecule has 1 heterocycles. The highest BCUT2D eigenvalue weighted by atomic mass is 16.4. The first-order chi connectivity index (χ1) is 9.22. The van der Waals surface area contributed by atoms with Crippen molar-refractivity contribution >= 4 is 5.97 Å². The molecule has 3 nitrogen and oxygen atoms in total. The van der Waals surface area contributed by atoms with Gasteiger partial charge in [0.15, 0.2) is 0 Å². The van der Waals surface area contributed by atoms with E-state index in [1.165, 1.54) is 30.4 Å². The first-order valence-electron chi connectivity index (χ1n) is 7.25. The SMILES string of the molecule is O=C(O)CCC1CCN(C2Cc3ccccc3C2)C1. The highest BCUT2D eigenvalue weighted by Crippen LogP contribution is 2.30. The molecule has 0 amide bonds. The molecule has 3 heteroatoms. The smallest absolute Gasteiger partial charge is 0.303 e. The van der Waals surface area contributed by atoms with E-state index in [0.717, 1.165) is 19.5 Å². The molecule has 19 heavy (non-hydrogen) atoms. The van der Waals surface area contributed by atoms with Crippen molar-refractivity contribution in [1.29, 1.82) is 0 Å². The van der Waals surface area contributed by atoms with Gasteiger partial charge >= 0.3 is 5.97 Å². The molecular weight excluding hydrogens is 238 g/mol. The molecule has 1 aromatic carbocycles. The zero-order valence-electron chi connectivity index (χ0n) is 11.2. The third-order valence-electron chi connectivity index (χ3n) is 4.63. The van der Waals surface area contributed by atoms with Gasteiger partial charge in [-0.05, 0) is 49.3 Å². The Bertz CT molecular complexity index is 447. The fourth-order valence-corrected chi connectivity index (χ4v) is 3.55. The normalized spacial score (nSPS) is 23.7. The van der Waals surface area contributed by atoms with Gasteiger partial charge in [-0.1, -0.05) is 24.3 Å². The molecule has 1 fully saturated rings. The van der Waals surface area contributed by atoms with Gasteiger partial charge in [0.2, 0.25) is 0 Å². The van der Waals surface area contributed by atoms with Crippen LogP contribution in [0.1, 0.15) is 30.4 Å². The molecule has 0 saturated carbocycles. The van der Waals surface area contributed by atoms with E-state index in [4.69, 9.17) is 5.11 Å². The van der Waals surface area contributed by atoms with Gasteiger partial charge in [-0.3, -0.25) is 9.69 Å². The van der Waals surface area contributed by atoms with Gasteiger partial charge in [0.05, 0.1) is 0 Å². The average Bonchev–Trinajstić information content (AvgIpc) is 3.02. The van der Waals surface area contributed by atoms with Crippen molar-refractivity contribution in [3.05, 3.63) is 35.4 Å². The number of nitrogens with zero attached hydrogens (tertiary/aromatic N) is 1. The van der Waals surface area contributed by atoms with E-state index in [-0.39, 0.29) is 0 Å². The van der Waals surface area contributed by atoms with Gasteiger partial charge in [-0.25, -0.2) is 0 Å². The zero-order chi connectivity index (χ0) is 13.2. The predicted molar refractivity (Wildman–Crippen MR) is 74.2 cm³/mol. The quantitative estimate of drug-likeness (QED) is 0.902. The highest BCUT2D eigenvalue weighted by molar-refractivity contribution is 5.66. The van der Waals surface area contributed by atoms with E-state index < -0.39 is 5.97 Å². The summed E-state index contributed by atoms with van der Waals surface area (Å²) in [5.74, 6) is -0.0773. The number of rotatable bonds is 4. The monoisotopic (exact) mass is 259 g/mol. The van der Waals surface area contributed by atoms with Crippen LogP contribution in [0, 0.1) is 5.92 Å². The van der Waals surface area contributed by atoms with Gasteiger partial charge < -0.3 is 5.11 Å². The van der Waals surface area contributed by atoms with Crippen LogP contribution in [0.15, 0.2) is 24.3 Å². The van der Waals surface area contributed by atoms with E-state index in [2.05, 4.69) is 29.2 Å². The fraction of sp³-hybridized carbons (Fsp3) is 0.562. The molecule has 1 aromatic rings. The van der Waals surface area contributed by atoms with Crippen LogP contribution in [0.4, 0.5) is 0 Å². The molecule has 0 bridgehead atoms. The van der Waals surface area contributed by atoms with Crippen LogP contribution >= 0.6 is 0 Å². The molecule has 1 aliphatic heterocycles. The molecule has 0 spiro atoms. The lowest BCUT2D eigenvalue weighted by Crippen LogP contribution is -2.33. The third kappa shape index (κ3) is 2.81. The number of carbonyl (C=O) groups is 1. The Labute approximate surface area is 114 Å². The topological polar surface area (TPSA) is 40.5 Å². The second-order valence-corrected chi connectivity index (χ2v) is 5.91. The molecule has 3 rings (SSSR count). The van der Waals surface area contributed by atoms with Gasteiger partial charge in [0, 0.05) is 19.0 Å². The van der Waals surface area contributed by atoms with E-state index >= 15 is 0 Å². The summed E-state index contributed by atoms with van der Waals surface area (Å²) in [4.78, 5) is 13.2. The summed E-state index contributed by atoms with van der Waals surface area (Å²) in [5.41, 5.74) is 3.00. The lowest BCUT2D eigenvalue weighted by Gasteiger charge is -2.23. The summed E-state index contributed by atoms with van der Waals surface area (Å²) in [6.45, 7) is 2.23. The Balaban J connectivity index is 1.54. The molecule has 102 valence electrons. The van der Waals surface area contributed by atoms with Crippen LogP contribution in [0.2, 0.25) is 0 Å². The van der Waals surface area contributed by atoms with Crippen LogP contribution < -0.4 is 0 Å². The molecule has 0 radical (unpaired) electrons. The highest BCUT2D eigenvalue weighted by Gasteiger charge is 2.31. The first kappa shape index (κ1) is 12.7. The number of likely N-dealkylation sites (tertiary alicyclic amines) is 1. The Morgan fingerprint density at radius 1 is 1.26 bits per heavy atom. The maximum atomic E-state index is 10.6. The summed E-state index contributed by atoms with van der Waals surface area (Å²) in [5, 5.41) is 8.76. The van der Waals surface area contributed by atoms with E-state index in [9.17, 15) is 4.79 Å². The Kier molecular flexibility index (Phi) is 3.56. The molecule has 2 aliphatic rings. The summed E-state index contributed by atoms with van der Waals surface area (Å²) in [7, 11) is 0. The molecule has 1 N–H and O–H groups in total. The number of carboxylic acids is 1. The van der Waals surface area contributed by atoms with Crippen molar-refractivity contribution in [2.24, 2.45) is 5.92 Å². The lowest BCUT2D eigenvalue weighted by atomic mass is 10.0. The van der Waals surface area contributed by atoms with Crippen LogP contribution in [-0.2, 0) is 17.6 Å². The lowest BCUT2D eigenvalue weighted by molar-refractivity contribution is -0.137. The van der Waals surface area contributed by atoms with Crippen molar-refractivity contribution in [2.75, 3.05) is 13.1 Å². The van der Waals surface area contributed by atoms with E-state index in [0.29, 0.717) is 18.4 Å². The Morgan fingerprint density at radius 2 is 1.95 bits per heavy atom. The van der Waals surface area contributed by atoms with Gasteiger partial charge in [0.25, 0.3) is 0 Å². The predicted octanol–water partition coefficient (Wildman–Crippen LogP) is 2.34. The van der Waals surface area contributed by atoms with Crippen LogP contribution in [0.3, 0.4) is 0 Å². The summed E-state index contributed by atoms with van der Waals surface area (Å²) in [6.07, 6.45) is 4.67.